The number of benzene rings is 2. The van der Waals surface area contributed by atoms with E-state index in [0.29, 0.717) is 0 Å². The summed E-state index contributed by atoms with van der Waals surface area (Å²) in [7, 11) is 1.68. The third-order valence-corrected chi connectivity index (χ3v) is 8.14. The van der Waals surface area contributed by atoms with Crippen LogP contribution >= 0.6 is 0 Å². The third-order valence-electron chi connectivity index (χ3n) is 8.14. The van der Waals surface area contributed by atoms with E-state index in [1.54, 1.807) is 42.0 Å². The summed E-state index contributed by atoms with van der Waals surface area (Å²) >= 11 is 0. The zero-order valence-electron chi connectivity index (χ0n) is 25.1. The molecule has 1 fully saturated rings. The number of carbonyl (C=O) groups is 3. The van der Waals surface area contributed by atoms with Crippen LogP contribution in [0.2, 0.25) is 0 Å². The first-order valence-electron chi connectivity index (χ1n) is 14.9. The van der Waals surface area contributed by atoms with Gasteiger partial charge in [0.2, 0.25) is 0 Å². The molecule has 240 valence electrons. The van der Waals surface area contributed by atoms with E-state index in [-0.39, 0.29) is 60.4 Å². The molecule has 0 unspecified atom stereocenters. The summed E-state index contributed by atoms with van der Waals surface area (Å²) in [5.74, 6) is -0.588. The Kier molecular flexibility index (Phi) is 10.6. The van der Waals surface area contributed by atoms with E-state index in [0.717, 1.165) is 56.4 Å². The van der Waals surface area contributed by atoms with Gasteiger partial charge in [-0.05, 0) is 56.2 Å². The molecule has 5 amide bonds. The zero-order chi connectivity index (χ0) is 32.0. The van der Waals surface area contributed by atoms with Gasteiger partial charge in [0.25, 0.3) is 5.91 Å². The summed E-state index contributed by atoms with van der Waals surface area (Å²) in [4.78, 5) is 42.7. The number of rotatable bonds is 7. The van der Waals surface area contributed by atoms with Crippen molar-refractivity contribution in [2.45, 2.75) is 70.3 Å². The van der Waals surface area contributed by atoms with Gasteiger partial charge in [-0.1, -0.05) is 32.3 Å². The smallest absolute Gasteiger partial charge is 0.416 e. The Morgan fingerprint density at radius 1 is 1.09 bits per heavy atom. The summed E-state index contributed by atoms with van der Waals surface area (Å²) in [5, 5.41) is 18.1. The van der Waals surface area contributed by atoms with Crippen molar-refractivity contribution in [1.29, 1.82) is 0 Å². The van der Waals surface area contributed by atoms with Crippen LogP contribution in [0.25, 0.3) is 0 Å². The fraction of sp³-hybridized carbons (Fsp3) is 0.516. The summed E-state index contributed by atoms with van der Waals surface area (Å²) in [6.45, 7) is 3.79. The van der Waals surface area contributed by atoms with Crippen LogP contribution in [-0.4, -0.2) is 77.8 Å². The van der Waals surface area contributed by atoms with Crippen LogP contribution in [0.4, 0.5) is 34.1 Å². The number of anilines is 2. The molecule has 2 aromatic rings. The molecule has 0 spiro atoms. The van der Waals surface area contributed by atoms with Crippen LogP contribution in [0, 0.1) is 5.92 Å². The highest BCUT2D eigenvalue weighted by atomic mass is 19.4. The molecule has 10 nitrogen and oxygen atoms in total. The van der Waals surface area contributed by atoms with E-state index in [4.69, 9.17) is 4.74 Å². The molecule has 0 bridgehead atoms. The van der Waals surface area contributed by atoms with Gasteiger partial charge in [-0.15, -0.1) is 0 Å². The highest BCUT2D eigenvalue weighted by Gasteiger charge is 2.35. The molecule has 3 atom stereocenters. The summed E-state index contributed by atoms with van der Waals surface area (Å²) in [6, 6.07) is 7.28. The minimum absolute atomic E-state index is 0.0906. The molecule has 1 heterocycles. The number of nitrogens with zero attached hydrogens (tertiary/aromatic N) is 2. The molecule has 1 saturated carbocycles. The molecular weight excluding hydrogens is 579 g/mol. The number of fused-ring (bicyclic) bond motifs is 1. The number of amides is 5. The average Bonchev–Trinajstić information content (AvgIpc) is 2.99. The van der Waals surface area contributed by atoms with Gasteiger partial charge in [0.05, 0.1) is 36.0 Å². The van der Waals surface area contributed by atoms with Crippen LogP contribution in [0.15, 0.2) is 42.5 Å². The first-order chi connectivity index (χ1) is 20.9. The molecule has 1 aliphatic heterocycles. The van der Waals surface area contributed by atoms with Gasteiger partial charge in [0.1, 0.15) is 6.10 Å². The molecule has 2 aliphatic rings. The van der Waals surface area contributed by atoms with Crippen molar-refractivity contribution in [1.82, 2.24) is 15.1 Å². The molecule has 0 aromatic heterocycles. The van der Waals surface area contributed by atoms with E-state index in [9.17, 15) is 32.7 Å². The quantitative estimate of drug-likeness (QED) is 0.324. The fourth-order valence-corrected chi connectivity index (χ4v) is 5.47. The normalized spacial score (nSPS) is 20.0. The lowest BCUT2D eigenvalue weighted by atomic mass is 9.96. The molecule has 2 aromatic carbocycles. The number of hydrogen-bond acceptors (Lipinski definition) is 5. The number of urea groups is 2. The number of aliphatic hydroxyl groups excluding tert-OH is 1. The Labute approximate surface area is 254 Å². The van der Waals surface area contributed by atoms with Crippen molar-refractivity contribution < 1.29 is 37.4 Å². The number of para-hydroxylation sites is 1. The molecular formula is C31H40F3N5O5. The largest absolute Gasteiger partial charge is 0.485 e. The number of carbonyl (C=O) groups excluding carboxylic acids is 3. The van der Waals surface area contributed by atoms with Crippen molar-refractivity contribution in [3.8, 4) is 5.75 Å². The Balaban J connectivity index is 1.57. The maximum Gasteiger partial charge on any atom is 0.416 e. The molecule has 0 radical (unpaired) electrons. The number of likely N-dealkylation sites (N-methyl/N-ethyl adjacent to an activating group) is 1. The lowest BCUT2D eigenvalue weighted by molar-refractivity contribution is -0.137. The van der Waals surface area contributed by atoms with Crippen molar-refractivity contribution in [2.24, 2.45) is 5.92 Å². The monoisotopic (exact) mass is 619 g/mol. The summed E-state index contributed by atoms with van der Waals surface area (Å²) in [6.07, 6.45) is 0.0664. The highest BCUT2D eigenvalue weighted by molar-refractivity contribution is 6.04. The van der Waals surface area contributed by atoms with Gasteiger partial charge in [-0.3, -0.25) is 4.79 Å². The summed E-state index contributed by atoms with van der Waals surface area (Å²) < 4.78 is 45.2. The van der Waals surface area contributed by atoms with Crippen molar-refractivity contribution in [3.05, 3.63) is 53.6 Å². The van der Waals surface area contributed by atoms with Gasteiger partial charge in [0, 0.05) is 31.2 Å². The van der Waals surface area contributed by atoms with E-state index < -0.39 is 35.8 Å². The molecule has 4 rings (SSSR count). The molecule has 1 aliphatic carbocycles. The van der Waals surface area contributed by atoms with Gasteiger partial charge < -0.3 is 35.6 Å². The van der Waals surface area contributed by atoms with Crippen LogP contribution in [0.1, 0.15) is 61.9 Å². The first kappa shape index (κ1) is 32.9. The van der Waals surface area contributed by atoms with E-state index in [2.05, 4.69) is 16.0 Å². The molecule has 4 N–H and O–H groups in total. The third kappa shape index (κ3) is 8.13. The van der Waals surface area contributed by atoms with Crippen LogP contribution in [0.3, 0.4) is 0 Å². The number of aliphatic hydroxyl groups is 1. The second-order valence-electron chi connectivity index (χ2n) is 11.6. The Bertz CT molecular complexity index is 1320. The minimum Gasteiger partial charge on any atom is -0.485 e. The predicted octanol–water partition coefficient (Wildman–Crippen LogP) is 5.54. The molecule has 44 heavy (non-hydrogen) atoms. The predicted molar refractivity (Wildman–Crippen MR) is 160 cm³/mol. The number of halogens is 3. The topological polar surface area (TPSA) is 123 Å². The van der Waals surface area contributed by atoms with Gasteiger partial charge in [-0.2, -0.15) is 13.2 Å². The van der Waals surface area contributed by atoms with Crippen molar-refractivity contribution >= 4 is 29.3 Å². The van der Waals surface area contributed by atoms with Gasteiger partial charge in [0.15, 0.2) is 5.75 Å². The zero-order valence-corrected chi connectivity index (χ0v) is 25.1. The maximum absolute atomic E-state index is 13.7. The summed E-state index contributed by atoms with van der Waals surface area (Å²) in [5.41, 5.74) is -0.403. The van der Waals surface area contributed by atoms with Crippen molar-refractivity contribution in [2.75, 3.05) is 37.4 Å². The average molecular weight is 620 g/mol. The van der Waals surface area contributed by atoms with Crippen LogP contribution in [-0.2, 0) is 6.18 Å². The second kappa shape index (κ2) is 14.2. The lowest BCUT2D eigenvalue weighted by Gasteiger charge is -2.38. The van der Waals surface area contributed by atoms with Crippen LogP contribution in [0.5, 0.6) is 5.75 Å². The Morgan fingerprint density at radius 2 is 1.77 bits per heavy atom. The van der Waals surface area contributed by atoms with E-state index in [1.165, 1.54) is 0 Å². The number of hydrogen-bond donors (Lipinski definition) is 4. The second-order valence-corrected chi connectivity index (χ2v) is 11.6. The van der Waals surface area contributed by atoms with Crippen LogP contribution < -0.4 is 20.7 Å². The van der Waals surface area contributed by atoms with Gasteiger partial charge >= 0.3 is 18.2 Å². The standard InChI is InChI=1S/C31H40F3N5O5/c1-19-16-39(20(2)18-40)28(41)24-10-7-11-25(37-29(42)35-23-14-12-21(13-15-23)31(32,33)34)27(24)44-26(19)17-38(3)30(43)36-22-8-5-4-6-9-22/h7,10-15,19-20,22,26,40H,4-6,8-9,16-18H2,1-3H3,(H,36,43)(H2,35,37,42)/t19-,20-,26+/m0/s1. The highest BCUT2D eigenvalue weighted by Crippen LogP contribution is 2.35. The Hall–Kier alpha value is -4.00. The fourth-order valence-electron chi connectivity index (χ4n) is 5.47. The number of ether oxygens (including phenoxy) is 1. The van der Waals surface area contributed by atoms with Gasteiger partial charge in [-0.25, -0.2) is 9.59 Å². The van der Waals surface area contributed by atoms with Crippen molar-refractivity contribution in [3.63, 3.8) is 0 Å². The lowest BCUT2D eigenvalue weighted by Crippen LogP contribution is -2.52. The Morgan fingerprint density at radius 3 is 2.41 bits per heavy atom. The number of alkyl halides is 3. The maximum atomic E-state index is 13.7. The SMILES string of the molecule is C[C@H]1CN([C@@H](C)CO)C(=O)c2cccc(NC(=O)Nc3ccc(C(F)(F)F)cc3)c2O[C@@H]1CN(C)C(=O)NC1CCCCC1. The minimum atomic E-state index is -4.51. The first-order valence-corrected chi connectivity index (χ1v) is 14.9. The number of nitrogens with one attached hydrogen (secondary N) is 3. The molecule has 13 heteroatoms. The van der Waals surface area contributed by atoms with E-state index >= 15 is 0 Å². The molecule has 0 saturated heterocycles. The van der Waals surface area contributed by atoms with E-state index in [1.807, 2.05) is 6.92 Å².